The number of rotatable bonds is 5. The molecule has 1 aromatic heterocycles. The summed E-state index contributed by atoms with van der Waals surface area (Å²) in [6.45, 7) is 0. The minimum absolute atomic E-state index is 0.0825. The van der Waals surface area contributed by atoms with Gasteiger partial charge in [0.2, 0.25) is 11.0 Å². The van der Waals surface area contributed by atoms with Crippen LogP contribution < -0.4 is 11.1 Å². The standard InChI is InChI=1S/C16H19FN4OS/c17-12-6-2-1-4-10(12)9-15-20-21-16(23-15)19-14(22)8-11-5-3-7-13(11)18/h1-2,4,6,11,13H,3,5,7-9,18H2,(H,19,21,22)/t11-,13+/m0/s1. The largest absolute Gasteiger partial charge is 0.327 e. The van der Waals surface area contributed by atoms with Gasteiger partial charge < -0.3 is 11.1 Å². The van der Waals surface area contributed by atoms with Crippen LogP contribution in [0.5, 0.6) is 0 Å². The van der Waals surface area contributed by atoms with Crippen molar-refractivity contribution >= 4 is 22.4 Å². The first-order valence-electron chi connectivity index (χ1n) is 7.73. The minimum atomic E-state index is -0.261. The van der Waals surface area contributed by atoms with E-state index < -0.39 is 0 Å². The van der Waals surface area contributed by atoms with Crippen molar-refractivity contribution in [3.05, 3.63) is 40.7 Å². The predicted octanol–water partition coefficient (Wildman–Crippen LogP) is 2.72. The first-order valence-corrected chi connectivity index (χ1v) is 8.54. The molecule has 7 heteroatoms. The SMILES string of the molecule is N[C@@H]1CCC[C@H]1CC(=O)Nc1nnc(Cc2ccccc2F)s1. The number of halogens is 1. The molecular formula is C16H19FN4OS. The highest BCUT2D eigenvalue weighted by Gasteiger charge is 2.26. The highest BCUT2D eigenvalue weighted by atomic mass is 32.1. The van der Waals surface area contributed by atoms with Crippen LogP contribution in [0.2, 0.25) is 0 Å². The van der Waals surface area contributed by atoms with E-state index in [4.69, 9.17) is 5.73 Å². The minimum Gasteiger partial charge on any atom is -0.327 e. The maximum Gasteiger partial charge on any atom is 0.226 e. The van der Waals surface area contributed by atoms with Crippen LogP contribution >= 0.6 is 11.3 Å². The molecule has 23 heavy (non-hydrogen) atoms. The van der Waals surface area contributed by atoms with E-state index in [0.717, 1.165) is 19.3 Å². The van der Waals surface area contributed by atoms with Gasteiger partial charge in [-0.1, -0.05) is 36.0 Å². The highest BCUT2D eigenvalue weighted by Crippen LogP contribution is 2.27. The van der Waals surface area contributed by atoms with Crippen molar-refractivity contribution in [2.45, 2.75) is 38.1 Å². The smallest absolute Gasteiger partial charge is 0.226 e. The molecule has 0 saturated heterocycles. The third-order valence-electron chi connectivity index (χ3n) is 4.18. The van der Waals surface area contributed by atoms with E-state index in [-0.39, 0.29) is 23.7 Å². The quantitative estimate of drug-likeness (QED) is 0.881. The van der Waals surface area contributed by atoms with Crippen LogP contribution in [0.1, 0.15) is 36.3 Å². The molecule has 1 fully saturated rings. The van der Waals surface area contributed by atoms with Crippen LogP contribution in [0, 0.1) is 11.7 Å². The lowest BCUT2D eigenvalue weighted by atomic mass is 10.00. The first kappa shape index (κ1) is 16.0. The van der Waals surface area contributed by atoms with Gasteiger partial charge in [0.05, 0.1) is 0 Å². The summed E-state index contributed by atoms with van der Waals surface area (Å²) in [6.07, 6.45) is 3.87. The summed E-state index contributed by atoms with van der Waals surface area (Å²) in [6, 6.07) is 6.69. The Balaban J connectivity index is 1.57. The molecule has 1 aromatic carbocycles. The number of carbonyl (C=O) groups excluding carboxylic acids is 1. The van der Waals surface area contributed by atoms with Gasteiger partial charge in [0, 0.05) is 18.9 Å². The third kappa shape index (κ3) is 4.11. The van der Waals surface area contributed by atoms with Crippen LogP contribution in [-0.4, -0.2) is 22.1 Å². The van der Waals surface area contributed by atoms with E-state index in [1.165, 1.54) is 17.4 Å². The van der Waals surface area contributed by atoms with Crippen LogP contribution in [0.3, 0.4) is 0 Å². The number of aromatic nitrogens is 2. The Morgan fingerprint density at radius 1 is 1.35 bits per heavy atom. The van der Waals surface area contributed by atoms with Gasteiger partial charge in [-0.25, -0.2) is 4.39 Å². The molecule has 0 radical (unpaired) electrons. The molecule has 5 nitrogen and oxygen atoms in total. The molecular weight excluding hydrogens is 315 g/mol. The second-order valence-corrected chi connectivity index (χ2v) is 6.94. The lowest BCUT2D eigenvalue weighted by molar-refractivity contribution is -0.117. The molecule has 1 heterocycles. The highest BCUT2D eigenvalue weighted by molar-refractivity contribution is 7.15. The van der Waals surface area contributed by atoms with Gasteiger partial charge in [-0.05, 0) is 30.4 Å². The summed E-state index contributed by atoms with van der Waals surface area (Å²) < 4.78 is 13.6. The summed E-state index contributed by atoms with van der Waals surface area (Å²) in [5, 5.41) is 11.9. The molecule has 2 aromatic rings. The van der Waals surface area contributed by atoms with E-state index in [1.807, 2.05) is 0 Å². The molecule has 0 spiro atoms. The number of nitrogens with two attached hydrogens (primary N) is 1. The van der Waals surface area contributed by atoms with Crippen molar-refractivity contribution in [1.29, 1.82) is 0 Å². The molecule has 122 valence electrons. The number of amides is 1. The second-order valence-electron chi connectivity index (χ2n) is 5.88. The number of hydrogen-bond donors (Lipinski definition) is 2. The first-order chi connectivity index (χ1) is 11.1. The molecule has 0 bridgehead atoms. The summed E-state index contributed by atoms with van der Waals surface area (Å²) in [5.74, 6) is -0.0924. The number of benzene rings is 1. The fraction of sp³-hybridized carbons (Fsp3) is 0.438. The topological polar surface area (TPSA) is 80.9 Å². The van der Waals surface area contributed by atoms with Crippen molar-refractivity contribution in [3.63, 3.8) is 0 Å². The van der Waals surface area contributed by atoms with Gasteiger partial charge in [-0.3, -0.25) is 4.79 Å². The zero-order valence-electron chi connectivity index (χ0n) is 12.7. The lowest BCUT2D eigenvalue weighted by Gasteiger charge is -2.13. The van der Waals surface area contributed by atoms with E-state index >= 15 is 0 Å². The summed E-state index contributed by atoms with van der Waals surface area (Å²) >= 11 is 1.27. The molecule has 1 aliphatic rings. The monoisotopic (exact) mass is 334 g/mol. The van der Waals surface area contributed by atoms with Gasteiger partial charge in [-0.2, -0.15) is 0 Å². The van der Waals surface area contributed by atoms with Gasteiger partial charge in [-0.15, -0.1) is 10.2 Å². The van der Waals surface area contributed by atoms with Crippen LogP contribution in [0.15, 0.2) is 24.3 Å². The number of carbonyl (C=O) groups is 1. The Morgan fingerprint density at radius 3 is 2.91 bits per heavy atom. The second kappa shape index (κ2) is 7.14. The zero-order chi connectivity index (χ0) is 16.2. The number of anilines is 1. The van der Waals surface area contributed by atoms with Crippen LogP contribution in [-0.2, 0) is 11.2 Å². The average Bonchev–Trinajstić information content (AvgIpc) is 3.11. The van der Waals surface area contributed by atoms with Crippen molar-refractivity contribution < 1.29 is 9.18 Å². The van der Waals surface area contributed by atoms with Crippen LogP contribution in [0.25, 0.3) is 0 Å². The summed E-state index contributed by atoms with van der Waals surface area (Å²) in [4.78, 5) is 12.0. The number of nitrogens with one attached hydrogen (secondary N) is 1. The zero-order valence-corrected chi connectivity index (χ0v) is 13.5. The molecule has 1 amide bonds. The molecule has 2 atom stereocenters. The van der Waals surface area contributed by atoms with Gasteiger partial charge in [0.25, 0.3) is 0 Å². The molecule has 0 unspecified atom stereocenters. The van der Waals surface area contributed by atoms with Crippen molar-refractivity contribution in [2.75, 3.05) is 5.32 Å². The Hall–Kier alpha value is -1.86. The molecule has 1 aliphatic carbocycles. The number of nitrogens with zero attached hydrogens (tertiary/aromatic N) is 2. The van der Waals surface area contributed by atoms with E-state index in [9.17, 15) is 9.18 Å². The lowest BCUT2D eigenvalue weighted by Crippen LogP contribution is -2.28. The molecule has 3 N–H and O–H groups in total. The summed E-state index contributed by atoms with van der Waals surface area (Å²) in [5.41, 5.74) is 6.55. The predicted molar refractivity (Wildman–Crippen MR) is 87.7 cm³/mol. The Morgan fingerprint density at radius 2 is 2.17 bits per heavy atom. The maximum atomic E-state index is 13.6. The normalized spacial score (nSPS) is 20.6. The molecule has 3 rings (SSSR count). The Kier molecular flexibility index (Phi) is 4.97. The Bertz CT molecular complexity index is 690. The molecule has 0 aliphatic heterocycles. The number of hydrogen-bond acceptors (Lipinski definition) is 5. The molecule has 1 saturated carbocycles. The van der Waals surface area contributed by atoms with E-state index in [2.05, 4.69) is 15.5 Å². The van der Waals surface area contributed by atoms with E-state index in [0.29, 0.717) is 28.5 Å². The van der Waals surface area contributed by atoms with Gasteiger partial charge >= 0.3 is 0 Å². The maximum absolute atomic E-state index is 13.6. The fourth-order valence-corrected chi connectivity index (χ4v) is 3.69. The third-order valence-corrected chi connectivity index (χ3v) is 5.02. The van der Waals surface area contributed by atoms with Crippen molar-refractivity contribution in [3.8, 4) is 0 Å². The van der Waals surface area contributed by atoms with E-state index in [1.54, 1.807) is 18.2 Å². The fourth-order valence-electron chi connectivity index (χ4n) is 2.91. The average molecular weight is 334 g/mol. The van der Waals surface area contributed by atoms with Crippen molar-refractivity contribution in [1.82, 2.24) is 10.2 Å². The van der Waals surface area contributed by atoms with Gasteiger partial charge in [0.1, 0.15) is 10.8 Å². The summed E-state index contributed by atoms with van der Waals surface area (Å²) in [7, 11) is 0. The Labute approximate surface area is 138 Å². The van der Waals surface area contributed by atoms with Crippen LogP contribution in [0.4, 0.5) is 9.52 Å². The van der Waals surface area contributed by atoms with Gasteiger partial charge in [0.15, 0.2) is 0 Å². The van der Waals surface area contributed by atoms with Crippen molar-refractivity contribution in [2.24, 2.45) is 11.7 Å².